The molecule has 2 atom stereocenters. The molecule has 0 aliphatic carbocycles. The number of rotatable bonds is 3. The molecule has 0 amide bonds. The van der Waals surface area contributed by atoms with Crippen molar-refractivity contribution in [2.45, 2.75) is 26.3 Å². The Morgan fingerprint density at radius 2 is 2.10 bits per heavy atom. The number of hydrogen-bond acceptors (Lipinski definition) is 2. The van der Waals surface area contributed by atoms with Crippen LogP contribution in [0.15, 0.2) is 0 Å². The smallest absolute Gasteiger partial charge is 0.320 e. The molecule has 3 N–H and O–H groups in total. The van der Waals surface area contributed by atoms with Crippen molar-refractivity contribution in [2.75, 3.05) is 0 Å². The van der Waals surface area contributed by atoms with Gasteiger partial charge in [0.05, 0.1) is 0 Å². The predicted octanol–water partition coefficient (Wildman–Crippen LogP) is 0.866. The first-order valence-electron chi connectivity index (χ1n) is 3.08. The molecule has 3 nitrogen and oxygen atoms in total. The minimum absolute atomic E-state index is 0. The van der Waals surface area contributed by atoms with Gasteiger partial charge in [-0.25, -0.2) is 0 Å². The van der Waals surface area contributed by atoms with Gasteiger partial charge >= 0.3 is 5.97 Å². The molecule has 0 heterocycles. The fraction of sp³-hybridized carbons (Fsp3) is 0.833. The monoisotopic (exact) mass is 167 g/mol. The largest absolute Gasteiger partial charge is 0.480 e. The second-order valence-corrected chi connectivity index (χ2v) is 2.25. The Kier molecular flexibility index (Phi) is 6.82. The molecule has 0 aromatic rings. The Morgan fingerprint density at radius 1 is 1.70 bits per heavy atom. The summed E-state index contributed by atoms with van der Waals surface area (Å²) in [6.07, 6.45) is 0.813. The molecule has 4 heteroatoms. The molecular weight excluding hydrogens is 154 g/mol. The molecule has 0 aliphatic rings. The van der Waals surface area contributed by atoms with Gasteiger partial charge in [-0.3, -0.25) is 4.79 Å². The lowest BCUT2D eigenvalue weighted by molar-refractivity contribution is -0.139. The van der Waals surface area contributed by atoms with Crippen molar-refractivity contribution in [1.29, 1.82) is 0 Å². The molecule has 0 spiro atoms. The van der Waals surface area contributed by atoms with Gasteiger partial charge in [-0.1, -0.05) is 20.3 Å². The first kappa shape index (κ1) is 12.4. The van der Waals surface area contributed by atoms with Crippen molar-refractivity contribution >= 4 is 18.4 Å². The lowest BCUT2D eigenvalue weighted by Gasteiger charge is -2.11. The van der Waals surface area contributed by atoms with Crippen LogP contribution in [0.1, 0.15) is 20.3 Å². The maximum Gasteiger partial charge on any atom is 0.320 e. The summed E-state index contributed by atoms with van der Waals surface area (Å²) >= 11 is 0. The molecule has 0 saturated carbocycles. The molecule has 2 unspecified atom stereocenters. The van der Waals surface area contributed by atoms with E-state index in [0.29, 0.717) is 0 Å². The Bertz CT molecular complexity index is 108. The maximum atomic E-state index is 10.2. The van der Waals surface area contributed by atoms with Gasteiger partial charge < -0.3 is 10.8 Å². The number of halogens is 1. The highest BCUT2D eigenvalue weighted by Crippen LogP contribution is 2.04. The van der Waals surface area contributed by atoms with Crippen LogP contribution in [-0.2, 0) is 4.79 Å². The number of aliphatic carboxylic acids is 1. The third-order valence-corrected chi connectivity index (χ3v) is 1.54. The molecule has 62 valence electrons. The number of nitrogens with two attached hydrogens (primary N) is 1. The zero-order chi connectivity index (χ0) is 7.44. The average Bonchev–Trinajstić information content (AvgIpc) is 1.84. The molecule has 0 aliphatic heterocycles. The van der Waals surface area contributed by atoms with Gasteiger partial charge in [0.25, 0.3) is 0 Å². The first-order chi connectivity index (χ1) is 4.09. The van der Waals surface area contributed by atoms with Crippen LogP contribution in [-0.4, -0.2) is 17.1 Å². The van der Waals surface area contributed by atoms with Gasteiger partial charge in [-0.05, 0) is 5.92 Å². The lowest BCUT2D eigenvalue weighted by atomic mass is 10.0. The predicted molar refractivity (Wildman–Crippen MR) is 42.3 cm³/mol. The van der Waals surface area contributed by atoms with E-state index in [1.807, 2.05) is 13.8 Å². The number of carboxylic acids is 1. The standard InChI is InChI=1S/C6H13NO2.ClH/c1-3-4(2)5(7)6(8)9;/h4-5H,3,7H2,1-2H3,(H,8,9);1H. The maximum absolute atomic E-state index is 10.2. The second kappa shape index (κ2) is 5.50. The quantitative estimate of drug-likeness (QED) is 0.656. The third kappa shape index (κ3) is 3.69. The SMILES string of the molecule is CCC(C)C(N)C(=O)O.Cl. The van der Waals surface area contributed by atoms with Crippen LogP contribution in [0.5, 0.6) is 0 Å². The van der Waals surface area contributed by atoms with Crippen LogP contribution in [0, 0.1) is 5.92 Å². The normalized spacial score (nSPS) is 15.1. The summed E-state index contributed by atoms with van der Waals surface area (Å²) in [5, 5.41) is 8.36. The van der Waals surface area contributed by atoms with E-state index in [4.69, 9.17) is 10.8 Å². The minimum Gasteiger partial charge on any atom is -0.480 e. The zero-order valence-electron chi connectivity index (χ0n) is 6.20. The minimum atomic E-state index is -0.913. The van der Waals surface area contributed by atoms with Crippen molar-refractivity contribution in [3.8, 4) is 0 Å². The van der Waals surface area contributed by atoms with Gasteiger partial charge in [-0.2, -0.15) is 0 Å². The molecule has 0 radical (unpaired) electrons. The summed E-state index contributed by atoms with van der Waals surface area (Å²) in [4.78, 5) is 10.2. The van der Waals surface area contributed by atoms with Crippen LogP contribution in [0.25, 0.3) is 0 Å². The Morgan fingerprint density at radius 3 is 2.20 bits per heavy atom. The lowest BCUT2D eigenvalue weighted by Crippen LogP contribution is -2.36. The first-order valence-corrected chi connectivity index (χ1v) is 3.08. The van der Waals surface area contributed by atoms with Gasteiger partial charge in [-0.15, -0.1) is 12.4 Å². The highest BCUT2D eigenvalue weighted by Gasteiger charge is 2.17. The molecule has 0 aromatic heterocycles. The summed E-state index contributed by atoms with van der Waals surface area (Å²) < 4.78 is 0. The average molecular weight is 168 g/mol. The summed E-state index contributed by atoms with van der Waals surface area (Å²) in [6, 6.07) is -0.699. The van der Waals surface area contributed by atoms with E-state index < -0.39 is 12.0 Å². The molecule has 0 saturated heterocycles. The fourth-order valence-electron chi connectivity index (χ4n) is 0.497. The van der Waals surface area contributed by atoms with Crippen LogP contribution in [0.4, 0.5) is 0 Å². The van der Waals surface area contributed by atoms with Crippen molar-refractivity contribution < 1.29 is 9.90 Å². The third-order valence-electron chi connectivity index (χ3n) is 1.54. The molecule has 0 aromatic carbocycles. The summed E-state index contributed by atoms with van der Waals surface area (Å²) in [6.45, 7) is 3.76. The number of hydrogen-bond donors (Lipinski definition) is 2. The number of carbonyl (C=O) groups is 1. The van der Waals surface area contributed by atoms with E-state index in [-0.39, 0.29) is 18.3 Å². The van der Waals surface area contributed by atoms with Gasteiger partial charge in [0, 0.05) is 0 Å². The highest BCUT2D eigenvalue weighted by molar-refractivity contribution is 5.85. The highest BCUT2D eigenvalue weighted by atomic mass is 35.5. The molecule has 0 rings (SSSR count). The van der Waals surface area contributed by atoms with Crippen LogP contribution < -0.4 is 5.73 Å². The zero-order valence-corrected chi connectivity index (χ0v) is 7.02. The molecule has 10 heavy (non-hydrogen) atoms. The Balaban J connectivity index is 0. The van der Waals surface area contributed by atoms with Crippen LogP contribution in [0.3, 0.4) is 0 Å². The van der Waals surface area contributed by atoms with Crippen LogP contribution >= 0.6 is 12.4 Å². The van der Waals surface area contributed by atoms with E-state index >= 15 is 0 Å². The fourth-order valence-corrected chi connectivity index (χ4v) is 0.497. The van der Waals surface area contributed by atoms with Crippen LogP contribution in [0.2, 0.25) is 0 Å². The van der Waals surface area contributed by atoms with Crippen molar-refractivity contribution in [2.24, 2.45) is 11.7 Å². The van der Waals surface area contributed by atoms with Crippen molar-refractivity contribution in [3.63, 3.8) is 0 Å². The van der Waals surface area contributed by atoms with Gasteiger partial charge in [0.15, 0.2) is 0 Å². The van der Waals surface area contributed by atoms with Crippen molar-refractivity contribution in [1.82, 2.24) is 0 Å². The molecular formula is C6H14ClNO2. The summed E-state index contributed by atoms with van der Waals surface area (Å²) in [7, 11) is 0. The summed E-state index contributed by atoms with van der Waals surface area (Å²) in [5.74, 6) is -0.841. The van der Waals surface area contributed by atoms with E-state index in [0.717, 1.165) is 6.42 Å². The van der Waals surface area contributed by atoms with E-state index in [1.165, 1.54) is 0 Å². The second-order valence-electron chi connectivity index (χ2n) is 2.25. The topological polar surface area (TPSA) is 63.3 Å². The van der Waals surface area contributed by atoms with Gasteiger partial charge in [0.2, 0.25) is 0 Å². The Labute approximate surface area is 67.0 Å². The van der Waals surface area contributed by atoms with E-state index in [9.17, 15) is 4.79 Å². The Hall–Kier alpha value is -0.280. The number of carboxylic acid groups (broad SMARTS) is 1. The van der Waals surface area contributed by atoms with E-state index in [2.05, 4.69) is 0 Å². The van der Waals surface area contributed by atoms with Gasteiger partial charge in [0.1, 0.15) is 6.04 Å². The summed E-state index contributed by atoms with van der Waals surface area (Å²) in [5.41, 5.74) is 5.27. The molecule has 0 fully saturated rings. The molecule has 0 bridgehead atoms. The van der Waals surface area contributed by atoms with Crippen molar-refractivity contribution in [3.05, 3.63) is 0 Å². The van der Waals surface area contributed by atoms with E-state index in [1.54, 1.807) is 0 Å².